The maximum Gasteiger partial charge on any atom is 0.184 e. The van der Waals surface area contributed by atoms with Crippen LogP contribution in [0.3, 0.4) is 0 Å². The first kappa shape index (κ1) is 13.3. The Morgan fingerprint density at radius 3 is 2.76 bits per heavy atom. The summed E-state index contributed by atoms with van der Waals surface area (Å²) in [4.78, 5) is 0. The molecule has 17 heavy (non-hydrogen) atoms. The predicted octanol–water partition coefficient (Wildman–Crippen LogP) is 1.88. The number of methoxy groups -OCH3 is 1. The largest absolute Gasteiger partial charge is 0.497 e. The second kappa shape index (κ2) is 6.77. The van der Waals surface area contributed by atoms with Crippen LogP contribution >= 0.6 is 0 Å². The average molecular weight is 234 g/mol. The lowest BCUT2D eigenvalue weighted by Gasteiger charge is -2.15. The van der Waals surface area contributed by atoms with E-state index < -0.39 is 6.10 Å². The lowest BCUT2D eigenvalue weighted by molar-refractivity contribution is 0.249. The molecule has 0 saturated heterocycles. The van der Waals surface area contributed by atoms with E-state index in [9.17, 15) is 0 Å². The molecule has 0 aliphatic carbocycles. The van der Waals surface area contributed by atoms with Crippen molar-refractivity contribution < 1.29 is 9.47 Å². The monoisotopic (exact) mass is 234 g/mol. The molecule has 1 aromatic rings. The van der Waals surface area contributed by atoms with E-state index in [1.54, 1.807) is 7.11 Å². The van der Waals surface area contributed by atoms with E-state index in [2.05, 4.69) is 6.07 Å². The van der Waals surface area contributed by atoms with E-state index in [1.807, 2.05) is 25.1 Å². The first-order valence-corrected chi connectivity index (χ1v) is 5.68. The van der Waals surface area contributed by atoms with Gasteiger partial charge in [-0.2, -0.15) is 5.26 Å². The number of nitriles is 1. The predicted molar refractivity (Wildman–Crippen MR) is 66.1 cm³/mol. The maximum absolute atomic E-state index is 8.88. The van der Waals surface area contributed by atoms with Crippen molar-refractivity contribution in [3.05, 3.63) is 23.8 Å². The lowest BCUT2D eigenvalue weighted by atomic mass is 10.1. The molecule has 0 spiro atoms. The van der Waals surface area contributed by atoms with E-state index in [0.717, 1.165) is 11.3 Å². The van der Waals surface area contributed by atoms with Crippen molar-refractivity contribution in [1.82, 2.24) is 0 Å². The summed E-state index contributed by atoms with van der Waals surface area (Å²) in [7, 11) is 1.62. The average Bonchev–Trinajstić information content (AvgIpc) is 2.37. The lowest BCUT2D eigenvalue weighted by Crippen LogP contribution is -2.14. The van der Waals surface area contributed by atoms with Gasteiger partial charge in [0.2, 0.25) is 0 Å². The normalized spacial score (nSPS) is 11.6. The molecule has 92 valence electrons. The third-order valence-corrected chi connectivity index (χ3v) is 2.47. The van der Waals surface area contributed by atoms with Crippen molar-refractivity contribution in [3.8, 4) is 17.6 Å². The molecule has 1 aromatic carbocycles. The van der Waals surface area contributed by atoms with Crippen LogP contribution in [0, 0.1) is 11.3 Å². The highest BCUT2D eigenvalue weighted by Gasteiger charge is 2.10. The Hall–Kier alpha value is -1.73. The van der Waals surface area contributed by atoms with Crippen LogP contribution in [-0.4, -0.2) is 19.8 Å². The Labute approximate surface area is 102 Å². The zero-order valence-corrected chi connectivity index (χ0v) is 10.3. The van der Waals surface area contributed by atoms with E-state index in [0.29, 0.717) is 25.1 Å². The fourth-order valence-corrected chi connectivity index (χ4v) is 1.50. The molecule has 0 aliphatic rings. The molecule has 0 fully saturated rings. The second-order valence-electron chi connectivity index (χ2n) is 3.66. The minimum atomic E-state index is -0.417. The molecule has 0 aromatic heterocycles. The third-order valence-electron chi connectivity index (χ3n) is 2.47. The van der Waals surface area contributed by atoms with Crippen LogP contribution in [-0.2, 0) is 6.42 Å². The first-order valence-electron chi connectivity index (χ1n) is 5.68. The van der Waals surface area contributed by atoms with Crippen LogP contribution in [0.5, 0.6) is 11.5 Å². The fraction of sp³-hybridized carbons (Fsp3) is 0.462. The van der Waals surface area contributed by atoms with Gasteiger partial charge in [-0.1, -0.05) is 6.92 Å². The SMILES string of the molecule is CCC(C#N)Oc1ccc(OC)cc1CCN. The van der Waals surface area contributed by atoms with Crippen molar-refractivity contribution in [2.45, 2.75) is 25.9 Å². The molecule has 0 amide bonds. The summed E-state index contributed by atoms with van der Waals surface area (Å²) in [6.07, 6.45) is 0.943. The molecule has 1 unspecified atom stereocenters. The Morgan fingerprint density at radius 1 is 1.47 bits per heavy atom. The number of rotatable bonds is 6. The molecule has 0 bridgehead atoms. The molecular weight excluding hydrogens is 216 g/mol. The van der Waals surface area contributed by atoms with Gasteiger partial charge in [-0.25, -0.2) is 0 Å². The first-order chi connectivity index (χ1) is 8.24. The van der Waals surface area contributed by atoms with Gasteiger partial charge in [0.25, 0.3) is 0 Å². The quantitative estimate of drug-likeness (QED) is 0.816. The smallest absolute Gasteiger partial charge is 0.184 e. The van der Waals surface area contributed by atoms with Crippen LogP contribution in [0.1, 0.15) is 18.9 Å². The molecule has 1 rings (SSSR count). The van der Waals surface area contributed by atoms with Crippen LogP contribution in [0.15, 0.2) is 18.2 Å². The van der Waals surface area contributed by atoms with E-state index >= 15 is 0 Å². The summed E-state index contributed by atoms with van der Waals surface area (Å²) in [5, 5.41) is 8.88. The van der Waals surface area contributed by atoms with Crippen molar-refractivity contribution in [2.75, 3.05) is 13.7 Å². The number of ether oxygens (including phenoxy) is 2. The Morgan fingerprint density at radius 2 is 2.24 bits per heavy atom. The maximum atomic E-state index is 8.88. The Balaban J connectivity index is 2.93. The third kappa shape index (κ3) is 3.65. The number of nitrogens with zero attached hydrogens (tertiary/aromatic N) is 1. The highest BCUT2D eigenvalue weighted by molar-refractivity contribution is 5.40. The van der Waals surface area contributed by atoms with Gasteiger partial charge in [0.1, 0.15) is 17.6 Å². The summed E-state index contributed by atoms with van der Waals surface area (Å²) in [6.45, 7) is 2.45. The van der Waals surface area contributed by atoms with Gasteiger partial charge in [0.05, 0.1) is 7.11 Å². The van der Waals surface area contributed by atoms with Crippen LogP contribution in [0.25, 0.3) is 0 Å². The highest BCUT2D eigenvalue weighted by Crippen LogP contribution is 2.25. The van der Waals surface area contributed by atoms with E-state index in [4.69, 9.17) is 20.5 Å². The van der Waals surface area contributed by atoms with Crippen LogP contribution in [0.2, 0.25) is 0 Å². The second-order valence-corrected chi connectivity index (χ2v) is 3.66. The molecule has 0 aliphatic heterocycles. The molecule has 4 nitrogen and oxygen atoms in total. The summed E-state index contributed by atoms with van der Waals surface area (Å²) in [5.74, 6) is 1.48. The number of nitrogens with two attached hydrogens (primary N) is 1. The van der Waals surface area contributed by atoms with Crippen molar-refractivity contribution >= 4 is 0 Å². The fourth-order valence-electron chi connectivity index (χ4n) is 1.50. The van der Waals surface area contributed by atoms with Crippen molar-refractivity contribution in [2.24, 2.45) is 5.73 Å². The van der Waals surface area contributed by atoms with Gasteiger partial charge < -0.3 is 15.2 Å². The zero-order valence-electron chi connectivity index (χ0n) is 10.3. The zero-order chi connectivity index (χ0) is 12.7. The number of benzene rings is 1. The molecule has 0 heterocycles. The molecule has 0 radical (unpaired) electrons. The van der Waals surface area contributed by atoms with E-state index in [-0.39, 0.29) is 0 Å². The molecular formula is C13H18N2O2. The summed E-state index contributed by atoms with van der Waals surface area (Å²) >= 11 is 0. The van der Waals surface area contributed by atoms with E-state index in [1.165, 1.54) is 0 Å². The molecule has 4 heteroatoms. The van der Waals surface area contributed by atoms with Gasteiger partial charge in [0.15, 0.2) is 6.10 Å². The van der Waals surface area contributed by atoms with Crippen LogP contribution in [0.4, 0.5) is 0 Å². The molecule has 0 saturated carbocycles. The van der Waals surface area contributed by atoms with Gasteiger partial charge >= 0.3 is 0 Å². The van der Waals surface area contributed by atoms with Gasteiger partial charge in [-0.15, -0.1) is 0 Å². The molecule has 2 N–H and O–H groups in total. The van der Waals surface area contributed by atoms with Crippen molar-refractivity contribution in [3.63, 3.8) is 0 Å². The standard InChI is InChI=1S/C13H18N2O2/c1-3-11(9-15)17-13-5-4-12(16-2)8-10(13)6-7-14/h4-5,8,11H,3,6-7,14H2,1-2H3. The topological polar surface area (TPSA) is 68.3 Å². The summed E-state index contributed by atoms with van der Waals surface area (Å²) < 4.78 is 10.8. The Bertz CT molecular complexity index is 399. The summed E-state index contributed by atoms with van der Waals surface area (Å²) in [5.41, 5.74) is 6.53. The van der Waals surface area contributed by atoms with Crippen molar-refractivity contribution in [1.29, 1.82) is 5.26 Å². The number of hydrogen-bond acceptors (Lipinski definition) is 4. The van der Waals surface area contributed by atoms with Gasteiger partial charge in [0, 0.05) is 0 Å². The highest BCUT2D eigenvalue weighted by atomic mass is 16.5. The Kier molecular flexibility index (Phi) is 5.31. The molecule has 1 atom stereocenters. The minimum Gasteiger partial charge on any atom is -0.497 e. The van der Waals surface area contributed by atoms with Gasteiger partial charge in [-0.05, 0) is 43.1 Å². The van der Waals surface area contributed by atoms with Crippen LogP contribution < -0.4 is 15.2 Å². The minimum absolute atomic E-state index is 0.417. The summed E-state index contributed by atoms with van der Waals surface area (Å²) in [6, 6.07) is 7.65. The van der Waals surface area contributed by atoms with Gasteiger partial charge in [-0.3, -0.25) is 0 Å². The number of hydrogen-bond donors (Lipinski definition) is 1.